The van der Waals surface area contributed by atoms with Gasteiger partial charge in [-0.3, -0.25) is 0 Å². The second-order valence-corrected chi connectivity index (χ2v) is 5.33. The lowest BCUT2D eigenvalue weighted by Gasteiger charge is -2.18. The Hall–Kier alpha value is -0.840. The van der Waals surface area contributed by atoms with Crippen LogP contribution >= 0.6 is 27.5 Å². The van der Waals surface area contributed by atoms with Gasteiger partial charge in [-0.2, -0.15) is 0 Å². The fourth-order valence-electron chi connectivity index (χ4n) is 2.01. The Kier molecular flexibility index (Phi) is 5.02. The monoisotopic (exact) mass is 345 g/mol. The predicted molar refractivity (Wildman–Crippen MR) is 77.9 cm³/mol. The number of nitrogens with one attached hydrogen (secondary N) is 1. The van der Waals surface area contributed by atoms with Crippen molar-refractivity contribution in [1.82, 2.24) is 5.32 Å². The van der Waals surface area contributed by atoms with Crippen LogP contribution in [0.3, 0.4) is 0 Å². The lowest BCUT2D eigenvalue weighted by Crippen LogP contribution is -2.23. The van der Waals surface area contributed by atoms with Gasteiger partial charge in [-0.1, -0.05) is 18.5 Å². The average molecular weight is 347 g/mol. The molecule has 0 bridgehead atoms. The molecule has 2 rings (SSSR count). The molecule has 0 saturated carbocycles. The zero-order valence-corrected chi connectivity index (χ0v) is 12.8. The summed E-state index contributed by atoms with van der Waals surface area (Å²) < 4.78 is 19.2. The van der Waals surface area contributed by atoms with Gasteiger partial charge in [-0.15, -0.1) is 0 Å². The molecule has 102 valence electrons. The number of rotatable bonds is 5. The SMILES string of the molecule is CCNC(Cc1cc(F)ccc1Cl)c1ccoc1Br. The van der Waals surface area contributed by atoms with E-state index < -0.39 is 0 Å². The Bertz CT molecular complexity index is 558. The highest BCUT2D eigenvalue weighted by molar-refractivity contribution is 9.10. The molecule has 0 aliphatic carbocycles. The van der Waals surface area contributed by atoms with E-state index in [1.165, 1.54) is 12.1 Å². The fraction of sp³-hybridized carbons (Fsp3) is 0.286. The van der Waals surface area contributed by atoms with Crippen LogP contribution in [-0.4, -0.2) is 6.54 Å². The van der Waals surface area contributed by atoms with Gasteiger partial charge in [-0.05, 0) is 58.7 Å². The normalized spacial score (nSPS) is 12.6. The second-order valence-electron chi connectivity index (χ2n) is 4.20. The van der Waals surface area contributed by atoms with Crippen LogP contribution in [0.1, 0.15) is 24.1 Å². The van der Waals surface area contributed by atoms with Crippen molar-refractivity contribution in [2.24, 2.45) is 0 Å². The molecule has 0 aliphatic rings. The first-order chi connectivity index (χ1) is 9.11. The van der Waals surface area contributed by atoms with Crippen molar-refractivity contribution < 1.29 is 8.81 Å². The summed E-state index contributed by atoms with van der Waals surface area (Å²) in [5.74, 6) is -0.277. The lowest BCUT2D eigenvalue weighted by molar-refractivity contribution is 0.506. The van der Waals surface area contributed by atoms with Crippen LogP contribution in [0.4, 0.5) is 4.39 Å². The van der Waals surface area contributed by atoms with Gasteiger partial charge < -0.3 is 9.73 Å². The molecule has 1 N–H and O–H groups in total. The highest BCUT2D eigenvalue weighted by Crippen LogP contribution is 2.29. The van der Waals surface area contributed by atoms with Gasteiger partial charge in [0.1, 0.15) is 5.82 Å². The minimum Gasteiger partial charge on any atom is -0.457 e. The van der Waals surface area contributed by atoms with E-state index in [1.807, 2.05) is 13.0 Å². The van der Waals surface area contributed by atoms with Crippen molar-refractivity contribution in [3.8, 4) is 0 Å². The molecule has 5 heteroatoms. The molecule has 0 amide bonds. The van der Waals surface area contributed by atoms with E-state index in [0.29, 0.717) is 16.1 Å². The molecular weight excluding hydrogens is 333 g/mol. The number of likely N-dealkylation sites (N-methyl/N-ethyl adjacent to an activating group) is 1. The van der Waals surface area contributed by atoms with Crippen molar-refractivity contribution in [1.29, 1.82) is 0 Å². The maximum Gasteiger partial charge on any atom is 0.173 e. The Morgan fingerprint density at radius 1 is 1.42 bits per heavy atom. The highest BCUT2D eigenvalue weighted by atomic mass is 79.9. The summed E-state index contributed by atoms with van der Waals surface area (Å²) in [4.78, 5) is 0. The quantitative estimate of drug-likeness (QED) is 0.847. The van der Waals surface area contributed by atoms with Crippen LogP contribution in [0.2, 0.25) is 5.02 Å². The highest BCUT2D eigenvalue weighted by Gasteiger charge is 2.18. The summed E-state index contributed by atoms with van der Waals surface area (Å²) in [5, 5.41) is 3.92. The molecule has 0 saturated heterocycles. The van der Waals surface area contributed by atoms with Crippen LogP contribution in [0.15, 0.2) is 39.6 Å². The van der Waals surface area contributed by atoms with Crippen molar-refractivity contribution in [2.45, 2.75) is 19.4 Å². The van der Waals surface area contributed by atoms with E-state index in [-0.39, 0.29) is 11.9 Å². The van der Waals surface area contributed by atoms with Gasteiger partial charge in [0.2, 0.25) is 0 Å². The standard InChI is InChI=1S/C14H14BrClFNO/c1-2-18-13(11-5-6-19-14(11)15)8-9-7-10(17)3-4-12(9)16/h3-7,13,18H,2,8H2,1H3. The third kappa shape index (κ3) is 3.59. The molecule has 2 nitrogen and oxygen atoms in total. The second kappa shape index (κ2) is 6.55. The Labute approximate surface area is 125 Å². The summed E-state index contributed by atoms with van der Waals surface area (Å²) in [5.41, 5.74) is 1.78. The molecule has 2 aromatic rings. The zero-order chi connectivity index (χ0) is 13.8. The van der Waals surface area contributed by atoms with Gasteiger partial charge >= 0.3 is 0 Å². The minimum absolute atomic E-state index is 0.0254. The molecule has 1 heterocycles. The van der Waals surface area contributed by atoms with Crippen LogP contribution in [0.5, 0.6) is 0 Å². The number of halogens is 3. The van der Waals surface area contributed by atoms with E-state index in [4.69, 9.17) is 16.0 Å². The first-order valence-corrected chi connectivity index (χ1v) is 7.19. The van der Waals surface area contributed by atoms with Crippen LogP contribution in [0.25, 0.3) is 0 Å². The maximum atomic E-state index is 13.3. The van der Waals surface area contributed by atoms with Gasteiger partial charge in [-0.25, -0.2) is 4.39 Å². The van der Waals surface area contributed by atoms with E-state index >= 15 is 0 Å². The zero-order valence-electron chi connectivity index (χ0n) is 10.4. The van der Waals surface area contributed by atoms with E-state index in [1.54, 1.807) is 12.3 Å². The van der Waals surface area contributed by atoms with Gasteiger partial charge in [0.15, 0.2) is 4.67 Å². The predicted octanol–water partition coefficient (Wildman–Crippen LogP) is 4.73. The first-order valence-electron chi connectivity index (χ1n) is 6.02. The summed E-state index contributed by atoms with van der Waals surface area (Å²) in [6.45, 7) is 2.82. The Morgan fingerprint density at radius 3 is 2.84 bits per heavy atom. The fourth-order valence-corrected chi connectivity index (χ4v) is 2.72. The average Bonchev–Trinajstić information content (AvgIpc) is 2.79. The molecule has 1 aromatic carbocycles. The lowest BCUT2D eigenvalue weighted by atomic mass is 10.0. The number of hydrogen-bond acceptors (Lipinski definition) is 2. The number of hydrogen-bond donors (Lipinski definition) is 1. The summed E-state index contributed by atoms with van der Waals surface area (Å²) in [6.07, 6.45) is 2.22. The topological polar surface area (TPSA) is 25.2 Å². The molecule has 0 spiro atoms. The van der Waals surface area contributed by atoms with Crippen molar-refractivity contribution in [2.75, 3.05) is 6.54 Å². The van der Waals surface area contributed by atoms with Gasteiger partial charge in [0.25, 0.3) is 0 Å². The summed E-state index contributed by atoms with van der Waals surface area (Å²) >= 11 is 9.48. The van der Waals surface area contributed by atoms with Crippen LogP contribution < -0.4 is 5.32 Å². The molecule has 0 fully saturated rings. The van der Waals surface area contributed by atoms with Gasteiger partial charge in [0, 0.05) is 16.6 Å². The first kappa shape index (κ1) is 14.6. The smallest absolute Gasteiger partial charge is 0.173 e. The third-order valence-electron chi connectivity index (χ3n) is 2.90. The molecule has 0 radical (unpaired) electrons. The molecule has 1 unspecified atom stereocenters. The van der Waals surface area contributed by atoms with Gasteiger partial charge in [0.05, 0.1) is 6.26 Å². The van der Waals surface area contributed by atoms with E-state index in [0.717, 1.165) is 17.7 Å². The van der Waals surface area contributed by atoms with Crippen LogP contribution in [-0.2, 0) is 6.42 Å². The Balaban J connectivity index is 2.26. The molecular formula is C14H14BrClFNO. The minimum atomic E-state index is -0.277. The molecule has 0 aliphatic heterocycles. The van der Waals surface area contributed by atoms with Crippen molar-refractivity contribution in [3.63, 3.8) is 0 Å². The van der Waals surface area contributed by atoms with Crippen LogP contribution in [0, 0.1) is 5.82 Å². The molecule has 1 atom stereocenters. The number of furan rings is 1. The Morgan fingerprint density at radius 2 is 2.21 bits per heavy atom. The number of benzene rings is 1. The maximum absolute atomic E-state index is 13.3. The summed E-state index contributed by atoms with van der Waals surface area (Å²) in [7, 11) is 0. The largest absolute Gasteiger partial charge is 0.457 e. The van der Waals surface area contributed by atoms with Crippen molar-refractivity contribution in [3.05, 3.63) is 57.2 Å². The summed E-state index contributed by atoms with van der Waals surface area (Å²) in [6, 6.07) is 6.34. The molecule has 1 aromatic heterocycles. The third-order valence-corrected chi connectivity index (χ3v) is 3.92. The molecule has 19 heavy (non-hydrogen) atoms. The van der Waals surface area contributed by atoms with E-state index in [9.17, 15) is 4.39 Å². The van der Waals surface area contributed by atoms with Crippen molar-refractivity contribution >= 4 is 27.5 Å². The van der Waals surface area contributed by atoms with E-state index in [2.05, 4.69) is 21.2 Å².